The Hall–Kier alpha value is -1.47. The Morgan fingerprint density at radius 1 is 1.29 bits per heavy atom. The molecule has 1 N–H and O–H groups in total. The Kier molecular flexibility index (Phi) is 5.30. The predicted octanol–water partition coefficient (Wildman–Crippen LogP) is 3.03. The van der Waals surface area contributed by atoms with Crippen LogP contribution in [0.5, 0.6) is 11.5 Å². The number of fused-ring (bicyclic) bond motifs is 1. The van der Waals surface area contributed by atoms with Crippen molar-refractivity contribution in [2.45, 2.75) is 25.1 Å². The molecule has 1 aromatic carbocycles. The number of benzene rings is 1. The third kappa shape index (κ3) is 4.78. The fourth-order valence-corrected chi connectivity index (χ4v) is 2.05. The number of alkyl halides is 3. The maximum atomic E-state index is 12.0. The molecule has 0 spiro atoms. The van der Waals surface area contributed by atoms with E-state index in [2.05, 4.69) is 5.32 Å². The molecular formula is C14H18F3NO3. The third-order valence-corrected chi connectivity index (χ3v) is 3.18. The first kappa shape index (κ1) is 15.9. The molecule has 0 fully saturated rings. The number of hydrogen-bond donors (Lipinski definition) is 1. The topological polar surface area (TPSA) is 39.7 Å². The second kappa shape index (κ2) is 7.00. The van der Waals surface area contributed by atoms with Crippen LogP contribution in [0.25, 0.3) is 0 Å². The van der Waals surface area contributed by atoms with Gasteiger partial charge < -0.3 is 19.5 Å². The number of halogens is 3. The lowest BCUT2D eigenvalue weighted by atomic mass is 10.1. The zero-order valence-corrected chi connectivity index (χ0v) is 11.7. The molecule has 1 unspecified atom stereocenters. The van der Waals surface area contributed by atoms with Crippen LogP contribution in [-0.2, 0) is 4.74 Å². The summed E-state index contributed by atoms with van der Waals surface area (Å²) in [7, 11) is 1.77. The molecule has 0 saturated carbocycles. The molecule has 1 aliphatic rings. The van der Waals surface area contributed by atoms with Gasteiger partial charge in [0.25, 0.3) is 0 Å². The zero-order valence-electron chi connectivity index (χ0n) is 11.7. The van der Waals surface area contributed by atoms with Crippen LogP contribution in [0, 0.1) is 0 Å². The summed E-state index contributed by atoms with van der Waals surface area (Å²) in [5, 5.41) is 3.07. The van der Waals surface area contributed by atoms with Gasteiger partial charge in [-0.15, -0.1) is 0 Å². The standard InChI is InChI=1S/C14H18F3NO3/c1-18-11(8-19-6-2-5-14(15,16)17)10-3-4-12-13(7-10)21-9-20-12/h3-4,7,11,18H,2,5-6,8-9H2,1H3. The second-order valence-corrected chi connectivity index (χ2v) is 4.75. The highest BCUT2D eigenvalue weighted by Gasteiger charge is 2.26. The summed E-state index contributed by atoms with van der Waals surface area (Å²) in [5.74, 6) is 1.37. The summed E-state index contributed by atoms with van der Waals surface area (Å²) in [5.41, 5.74) is 0.942. The van der Waals surface area contributed by atoms with E-state index in [1.54, 1.807) is 7.05 Å². The first-order valence-electron chi connectivity index (χ1n) is 6.71. The van der Waals surface area contributed by atoms with E-state index in [0.29, 0.717) is 18.1 Å². The number of nitrogens with one attached hydrogen (secondary N) is 1. The van der Waals surface area contributed by atoms with Crippen LogP contribution in [0.15, 0.2) is 18.2 Å². The monoisotopic (exact) mass is 305 g/mol. The maximum absolute atomic E-state index is 12.0. The van der Waals surface area contributed by atoms with Crippen LogP contribution < -0.4 is 14.8 Å². The highest BCUT2D eigenvalue weighted by Crippen LogP contribution is 2.34. The van der Waals surface area contributed by atoms with E-state index in [1.165, 1.54) is 0 Å². The largest absolute Gasteiger partial charge is 0.454 e. The highest BCUT2D eigenvalue weighted by molar-refractivity contribution is 5.45. The van der Waals surface area contributed by atoms with Gasteiger partial charge in [-0.1, -0.05) is 6.07 Å². The minimum absolute atomic E-state index is 0.0267. The molecule has 0 aromatic heterocycles. The summed E-state index contributed by atoms with van der Waals surface area (Å²) in [6, 6.07) is 5.44. The summed E-state index contributed by atoms with van der Waals surface area (Å²) in [4.78, 5) is 0. The van der Waals surface area contributed by atoms with Gasteiger partial charge in [-0.05, 0) is 31.2 Å². The Labute approximate surface area is 121 Å². The lowest BCUT2D eigenvalue weighted by molar-refractivity contribution is -0.138. The third-order valence-electron chi connectivity index (χ3n) is 3.18. The van der Waals surface area contributed by atoms with Crippen LogP contribution in [0.4, 0.5) is 13.2 Å². The molecule has 0 radical (unpaired) electrons. The smallest absolute Gasteiger partial charge is 0.389 e. The van der Waals surface area contributed by atoms with E-state index in [0.717, 1.165) is 5.56 Å². The van der Waals surface area contributed by atoms with Gasteiger partial charge >= 0.3 is 6.18 Å². The minimum Gasteiger partial charge on any atom is -0.454 e. The number of hydrogen-bond acceptors (Lipinski definition) is 4. The van der Waals surface area contributed by atoms with Gasteiger partial charge in [0, 0.05) is 13.0 Å². The van der Waals surface area contributed by atoms with Crippen molar-refractivity contribution < 1.29 is 27.4 Å². The van der Waals surface area contributed by atoms with E-state index >= 15 is 0 Å². The Morgan fingerprint density at radius 2 is 2.05 bits per heavy atom. The van der Waals surface area contributed by atoms with Gasteiger partial charge in [0.2, 0.25) is 6.79 Å². The Morgan fingerprint density at radius 3 is 2.76 bits per heavy atom. The van der Waals surface area contributed by atoms with E-state index in [1.807, 2.05) is 18.2 Å². The van der Waals surface area contributed by atoms with Crippen molar-refractivity contribution in [2.75, 3.05) is 27.1 Å². The van der Waals surface area contributed by atoms with Crippen LogP contribution in [-0.4, -0.2) is 33.2 Å². The first-order valence-corrected chi connectivity index (χ1v) is 6.71. The summed E-state index contributed by atoms with van der Waals surface area (Å²) in [6.07, 6.45) is -4.97. The molecular weight excluding hydrogens is 287 g/mol. The van der Waals surface area contributed by atoms with E-state index in [9.17, 15) is 13.2 Å². The zero-order chi connectivity index (χ0) is 15.3. The number of ether oxygens (including phenoxy) is 3. The lowest BCUT2D eigenvalue weighted by Gasteiger charge is -2.17. The minimum atomic E-state index is -4.12. The molecule has 7 heteroatoms. The van der Waals surface area contributed by atoms with Crippen molar-refractivity contribution in [2.24, 2.45) is 0 Å². The summed E-state index contributed by atoms with van der Waals surface area (Å²) < 4.78 is 51.9. The molecule has 118 valence electrons. The molecule has 0 aliphatic carbocycles. The maximum Gasteiger partial charge on any atom is 0.389 e. The molecule has 1 heterocycles. The second-order valence-electron chi connectivity index (χ2n) is 4.75. The normalized spacial score (nSPS) is 15.2. The van der Waals surface area contributed by atoms with Gasteiger partial charge in [0.15, 0.2) is 11.5 Å². The Balaban J connectivity index is 1.80. The quantitative estimate of drug-likeness (QED) is 0.786. The van der Waals surface area contributed by atoms with Crippen molar-refractivity contribution in [1.29, 1.82) is 0 Å². The molecule has 1 aromatic rings. The molecule has 0 amide bonds. The summed E-state index contributed by atoms with van der Waals surface area (Å²) in [6.45, 7) is 0.590. The van der Waals surface area contributed by atoms with Gasteiger partial charge in [-0.2, -0.15) is 13.2 Å². The van der Waals surface area contributed by atoms with E-state index < -0.39 is 12.6 Å². The molecule has 4 nitrogen and oxygen atoms in total. The van der Waals surface area contributed by atoms with Crippen molar-refractivity contribution in [3.05, 3.63) is 23.8 Å². The molecule has 1 aliphatic heterocycles. The average molecular weight is 305 g/mol. The SMILES string of the molecule is CNC(COCCCC(F)(F)F)c1ccc2c(c1)OCO2. The number of likely N-dealkylation sites (N-methyl/N-ethyl adjacent to an activating group) is 1. The van der Waals surface area contributed by atoms with Crippen molar-refractivity contribution in [3.8, 4) is 11.5 Å². The van der Waals surface area contributed by atoms with E-state index in [4.69, 9.17) is 14.2 Å². The predicted molar refractivity (Wildman–Crippen MR) is 70.5 cm³/mol. The van der Waals surface area contributed by atoms with Gasteiger partial charge in [0.05, 0.1) is 12.6 Å². The fourth-order valence-electron chi connectivity index (χ4n) is 2.05. The molecule has 0 saturated heterocycles. The van der Waals surface area contributed by atoms with Gasteiger partial charge in [0.1, 0.15) is 0 Å². The van der Waals surface area contributed by atoms with Crippen molar-refractivity contribution >= 4 is 0 Å². The summed E-state index contributed by atoms with van der Waals surface area (Å²) >= 11 is 0. The number of rotatable bonds is 7. The highest BCUT2D eigenvalue weighted by atomic mass is 19.4. The average Bonchev–Trinajstić information content (AvgIpc) is 2.89. The van der Waals surface area contributed by atoms with Crippen molar-refractivity contribution in [3.63, 3.8) is 0 Å². The molecule has 21 heavy (non-hydrogen) atoms. The van der Waals surface area contributed by atoms with Crippen LogP contribution in [0.3, 0.4) is 0 Å². The van der Waals surface area contributed by atoms with Crippen LogP contribution in [0.2, 0.25) is 0 Å². The van der Waals surface area contributed by atoms with Crippen LogP contribution in [0.1, 0.15) is 24.4 Å². The fraction of sp³-hybridized carbons (Fsp3) is 0.571. The van der Waals surface area contributed by atoms with Crippen LogP contribution >= 0.6 is 0 Å². The molecule has 2 rings (SSSR count). The molecule has 1 atom stereocenters. The van der Waals surface area contributed by atoms with Gasteiger partial charge in [-0.25, -0.2) is 0 Å². The van der Waals surface area contributed by atoms with Crippen molar-refractivity contribution in [1.82, 2.24) is 5.32 Å². The lowest BCUT2D eigenvalue weighted by Crippen LogP contribution is -2.22. The molecule has 0 bridgehead atoms. The van der Waals surface area contributed by atoms with Gasteiger partial charge in [-0.3, -0.25) is 0 Å². The first-order chi connectivity index (χ1) is 9.99. The Bertz CT molecular complexity index is 465. The van der Waals surface area contributed by atoms with E-state index in [-0.39, 0.29) is 25.9 Å².